The molecule has 15 N–H and O–H groups in total. The van der Waals surface area contributed by atoms with Crippen molar-refractivity contribution in [3.63, 3.8) is 0 Å². The summed E-state index contributed by atoms with van der Waals surface area (Å²) in [6.07, 6.45) is 6.77. The smallest absolute Gasteiger partial charge is 0.326 e. The van der Waals surface area contributed by atoms with Crippen molar-refractivity contribution in [1.82, 2.24) is 51.8 Å². The van der Waals surface area contributed by atoms with E-state index in [1.165, 1.54) is 32.0 Å². The summed E-state index contributed by atoms with van der Waals surface area (Å²) < 4.78 is 0. The van der Waals surface area contributed by atoms with Crippen molar-refractivity contribution in [3.8, 4) is 0 Å². The van der Waals surface area contributed by atoms with Crippen molar-refractivity contribution >= 4 is 47.4 Å². The maximum Gasteiger partial charge on any atom is 0.326 e. The number of aromatic nitrogens is 4. The van der Waals surface area contributed by atoms with Crippen molar-refractivity contribution in [2.75, 3.05) is 6.54 Å². The molecule has 350 valence electrons. The van der Waals surface area contributed by atoms with Gasteiger partial charge in [0.05, 0.1) is 18.7 Å². The summed E-state index contributed by atoms with van der Waals surface area (Å²) in [5, 5.41) is 25.9. The molecule has 8 atom stereocenters. The van der Waals surface area contributed by atoms with Gasteiger partial charge in [0.2, 0.25) is 35.4 Å². The molecule has 2 aromatic heterocycles. The third kappa shape index (κ3) is 17.5. The van der Waals surface area contributed by atoms with Gasteiger partial charge in [-0.1, -0.05) is 64.4 Å². The average molecular weight is 893 g/mol. The first-order valence-electron chi connectivity index (χ1n) is 21.2. The number of benzene rings is 1. The quantitative estimate of drug-likeness (QED) is 0.0240. The number of imidazole rings is 2. The number of carbonyl (C=O) groups excluding carboxylic acids is 6. The molecule has 3 aromatic rings. The fraction of sp³-hybridized carbons (Fsp3) is 0.524. The molecule has 1 aromatic carbocycles. The highest BCUT2D eigenvalue weighted by molar-refractivity contribution is 5.97. The lowest BCUT2D eigenvalue weighted by Crippen LogP contribution is -2.60. The first-order valence-corrected chi connectivity index (χ1v) is 21.2. The van der Waals surface area contributed by atoms with Crippen LogP contribution in [0.25, 0.3) is 0 Å². The molecule has 2 heterocycles. The van der Waals surface area contributed by atoms with Crippen molar-refractivity contribution < 1.29 is 38.7 Å². The van der Waals surface area contributed by atoms with E-state index in [1.807, 2.05) is 20.8 Å². The number of carboxylic acid groups (broad SMARTS) is 1. The van der Waals surface area contributed by atoms with Gasteiger partial charge < -0.3 is 64.2 Å². The Labute approximate surface area is 371 Å². The van der Waals surface area contributed by atoms with E-state index in [4.69, 9.17) is 17.2 Å². The average Bonchev–Trinajstić information content (AvgIpc) is 3.97. The van der Waals surface area contributed by atoms with Gasteiger partial charge in [-0.25, -0.2) is 14.8 Å². The van der Waals surface area contributed by atoms with Gasteiger partial charge in [-0.05, 0) is 43.6 Å². The molecule has 64 heavy (non-hydrogen) atoms. The number of H-pyrrole nitrogens is 2. The normalized spacial score (nSPS) is 14.9. The molecule has 0 unspecified atom stereocenters. The van der Waals surface area contributed by atoms with Gasteiger partial charge in [0, 0.05) is 49.6 Å². The van der Waals surface area contributed by atoms with Crippen LogP contribution in [0.15, 0.2) is 60.4 Å². The van der Waals surface area contributed by atoms with E-state index in [2.05, 4.69) is 56.8 Å². The lowest BCUT2D eigenvalue weighted by Gasteiger charge is -2.29. The number of hydrogen-bond donors (Lipinski definition) is 12. The summed E-state index contributed by atoms with van der Waals surface area (Å²) in [4.78, 5) is 112. The zero-order valence-corrected chi connectivity index (χ0v) is 36.9. The number of nitrogens with two attached hydrogens (primary N) is 3. The third-order valence-electron chi connectivity index (χ3n) is 10.3. The Morgan fingerprint density at radius 2 is 1.25 bits per heavy atom. The van der Waals surface area contributed by atoms with Gasteiger partial charge in [-0.3, -0.25) is 33.8 Å². The molecular weight excluding hydrogens is 829 g/mol. The Bertz CT molecular complexity index is 1990. The van der Waals surface area contributed by atoms with E-state index < -0.39 is 89.6 Å². The summed E-state index contributed by atoms with van der Waals surface area (Å²) in [6, 6.07) is 0.445. The molecule has 0 spiro atoms. The van der Waals surface area contributed by atoms with Crippen LogP contribution in [0.5, 0.6) is 0 Å². The second kappa shape index (κ2) is 25.9. The molecule has 0 aliphatic rings. The molecule has 22 nitrogen and oxygen atoms in total. The number of aliphatic imine (C=N–C) groups is 1. The first kappa shape index (κ1) is 51.5. The monoisotopic (exact) mass is 893 g/mol. The maximum absolute atomic E-state index is 14.0. The zero-order valence-electron chi connectivity index (χ0n) is 36.9. The Balaban J connectivity index is 1.77. The molecule has 0 radical (unpaired) electrons. The number of nitrogens with zero attached hydrogens (tertiary/aromatic N) is 3. The summed E-state index contributed by atoms with van der Waals surface area (Å²) in [5.74, 6) is -6.26. The fourth-order valence-electron chi connectivity index (χ4n) is 6.52. The van der Waals surface area contributed by atoms with Crippen LogP contribution >= 0.6 is 0 Å². The number of carbonyl (C=O) groups is 7. The highest BCUT2D eigenvalue weighted by Crippen LogP contribution is 2.13. The second-order valence-corrected chi connectivity index (χ2v) is 16.1. The number of hydrogen-bond acceptors (Lipinski definition) is 11. The van der Waals surface area contributed by atoms with Crippen LogP contribution in [0.3, 0.4) is 0 Å². The van der Waals surface area contributed by atoms with Crippen LogP contribution in [0.4, 0.5) is 0 Å². The summed E-state index contributed by atoms with van der Waals surface area (Å²) in [5.41, 5.74) is 18.9. The molecule has 6 amide bonds. The van der Waals surface area contributed by atoms with E-state index in [-0.39, 0.29) is 56.9 Å². The van der Waals surface area contributed by atoms with E-state index >= 15 is 0 Å². The SMILES string of the molecule is CC[C@H](C)[C@H](NC(=O)[C@H](CC(C)C)NC(=O)[C@H](CCCN=C(N)N)NC(=O)[C@H](C)NC(=O)[C@H](Cc1cnc[nH]1)NC(=O)[C@@H](N)Cc1cnc[nH]1)C(=O)N[C@@H](Cc1ccccc1)C(=O)O. The zero-order chi connectivity index (χ0) is 47.3. The highest BCUT2D eigenvalue weighted by Gasteiger charge is 2.35. The van der Waals surface area contributed by atoms with Gasteiger partial charge >= 0.3 is 5.97 Å². The number of guanidine groups is 1. The minimum absolute atomic E-state index is 0.00759. The number of aromatic amines is 2. The Morgan fingerprint density at radius 1 is 0.688 bits per heavy atom. The highest BCUT2D eigenvalue weighted by atomic mass is 16.4. The number of aliphatic carboxylic acids is 1. The Hall–Kier alpha value is -6.84. The van der Waals surface area contributed by atoms with E-state index in [1.54, 1.807) is 37.3 Å². The van der Waals surface area contributed by atoms with Gasteiger partial charge in [-0.2, -0.15) is 0 Å². The number of rotatable bonds is 27. The van der Waals surface area contributed by atoms with Crippen LogP contribution in [-0.4, -0.2) is 121 Å². The van der Waals surface area contributed by atoms with Gasteiger partial charge in [0.1, 0.15) is 36.3 Å². The van der Waals surface area contributed by atoms with E-state index in [0.29, 0.717) is 23.4 Å². The van der Waals surface area contributed by atoms with Crippen molar-refractivity contribution in [2.24, 2.45) is 34.0 Å². The lowest BCUT2D eigenvalue weighted by molar-refractivity contribution is -0.142. The minimum atomic E-state index is -1.28. The second-order valence-electron chi connectivity index (χ2n) is 16.1. The molecule has 22 heteroatoms. The Kier molecular flexibility index (Phi) is 20.9. The van der Waals surface area contributed by atoms with Crippen molar-refractivity contribution in [1.29, 1.82) is 0 Å². The summed E-state index contributed by atoms with van der Waals surface area (Å²) in [7, 11) is 0. The molecule has 3 rings (SSSR count). The van der Waals surface area contributed by atoms with Crippen LogP contribution < -0.4 is 49.1 Å². The number of amides is 6. The molecular formula is C42H64N14O8. The standard InChI is InChI=1S/C42H64N14O8/c1-6-24(4)34(40(62)55-33(41(63)64)16-26-11-8-7-9-12-26)56-39(61)31(15-23(2)3)54-37(59)30(13-10-14-48-42(44)45)52-35(57)25(5)51-38(60)32(18-28-20-47-22-50-28)53-36(58)29(43)17-27-19-46-21-49-27/h7-9,11-12,19-25,29-34H,6,10,13-18,43H2,1-5H3,(H,46,49)(H,47,50)(H,51,60)(H,52,57)(H,53,58)(H,54,59)(H,55,62)(H,56,61)(H,63,64)(H4,44,45,48)/t24-,25-,29-,30-,31-,32-,33-,34-/m0/s1. The largest absolute Gasteiger partial charge is 0.480 e. The van der Waals surface area contributed by atoms with Crippen LogP contribution in [0.2, 0.25) is 0 Å². The number of carboxylic acids is 1. The molecule has 0 saturated heterocycles. The topological polar surface area (TPSA) is 360 Å². The molecule has 0 aliphatic carbocycles. The van der Waals surface area contributed by atoms with Crippen molar-refractivity contribution in [2.45, 2.75) is 122 Å². The first-order chi connectivity index (χ1) is 30.4. The maximum atomic E-state index is 14.0. The van der Waals surface area contributed by atoms with Gasteiger partial charge in [0.25, 0.3) is 0 Å². The minimum Gasteiger partial charge on any atom is -0.480 e. The van der Waals surface area contributed by atoms with E-state index in [0.717, 1.165) is 0 Å². The van der Waals surface area contributed by atoms with Crippen LogP contribution in [-0.2, 0) is 52.8 Å². The number of nitrogens with one attached hydrogen (secondary N) is 8. The summed E-state index contributed by atoms with van der Waals surface area (Å²) in [6.45, 7) is 8.72. The van der Waals surface area contributed by atoms with Gasteiger partial charge in [0.15, 0.2) is 5.96 Å². The molecule has 0 fully saturated rings. The predicted octanol–water partition coefficient (Wildman–Crippen LogP) is -1.35. The third-order valence-corrected chi connectivity index (χ3v) is 10.3. The van der Waals surface area contributed by atoms with Gasteiger partial charge in [-0.15, -0.1) is 0 Å². The lowest BCUT2D eigenvalue weighted by atomic mass is 9.96. The van der Waals surface area contributed by atoms with Crippen LogP contribution in [0, 0.1) is 11.8 Å². The van der Waals surface area contributed by atoms with E-state index in [9.17, 15) is 38.7 Å². The van der Waals surface area contributed by atoms with Crippen molar-refractivity contribution in [3.05, 3.63) is 72.3 Å². The molecule has 0 aliphatic heterocycles. The predicted molar refractivity (Wildman–Crippen MR) is 236 cm³/mol. The molecule has 0 saturated carbocycles. The molecule has 0 bridgehead atoms. The Morgan fingerprint density at radius 3 is 1.81 bits per heavy atom. The summed E-state index contributed by atoms with van der Waals surface area (Å²) >= 11 is 0. The fourth-order valence-corrected chi connectivity index (χ4v) is 6.52. The van der Waals surface area contributed by atoms with Crippen LogP contribution in [0.1, 0.15) is 77.3 Å².